The van der Waals surface area contributed by atoms with Crippen molar-refractivity contribution >= 4 is 5.78 Å². The molecule has 2 atom stereocenters. The smallest absolute Gasteiger partial charge is 0.278 e. The van der Waals surface area contributed by atoms with Gasteiger partial charge in [0.2, 0.25) is 18.2 Å². The molecule has 0 amide bonds. The van der Waals surface area contributed by atoms with Crippen LogP contribution in [0.15, 0.2) is 78.4 Å². The molecule has 0 unspecified atom stereocenters. The van der Waals surface area contributed by atoms with Crippen LogP contribution in [-0.4, -0.2) is 31.4 Å². The molecule has 184 valence electrons. The standard InChI is InChI=1S/C29H25FO6/c1-2-20-13-15-34-28(20)27(31)23-10-9-22(30)17-25(23)36-29(28,35-14-12-19-6-4-3-5-7-19)21-8-11-24-26(16-21)33-18-32-24/h3-11,13,16-17H,2,12,14-15,18H2,1H3/t28-,29+/m1/s1. The third-order valence-electron chi connectivity index (χ3n) is 6.98. The SMILES string of the molecule is CCC1=CCO[C@@]12C(=O)c1ccc(F)cc1O[C@@]2(OCCc1ccccc1)c1ccc2c(c1)OCO2. The van der Waals surface area contributed by atoms with E-state index in [4.69, 9.17) is 23.7 Å². The number of rotatable bonds is 6. The van der Waals surface area contributed by atoms with E-state index in [9.17, 15) is 9.18 Å². The molecular formula is C29H25FO6. The maximum atomic E-state index is 14.3. The Morgan fingerprint density at radius 2 is 1.81 bits per heavy atom. The van der Waals surface area contributed by atoms with Gasteiger partial charge >= 0.3 is 0 Å². The third-order valence-corrected chi connectivity index (χ3v) is 6.98. The van der Waals surface area contributed by atoms with E-state index in [1.807, 2.05) is 43.3 Å². The van der Waals surface area contributed by atoms with Gasteiger partial charge in [0.25, 0.3) is 5.79 Å². The van der Waals surface area contributed by atoms with E-state index in [-0.39, 0.29) is 37.1 Å². The second-order valence-electron chi connectivity index (χ2n) is 8.92. The van der Waals surface area contributed by atoms with Gasteiger partial charge in [0.05, 0.1) is 18.8 Å². The Labute approximate surface area is 208 Å². The monoisotopic (exact) mass is 488 g/mol. The van der Waals surface area contributed by atoms with Gasteiger partial charge in [-0.2, -0.15) is 0 Å². The van der Waals surface area contributed by atoms with Crippen LogP contribution in [-0.2, 0) is 21.7 Å². The number of benzene rings is 3. The topological polar surface area (TPSA) is 63.2 Å². The van der Waals surface area contributed by atoms with Crippen molar-refractivity contribution in [2.24, 2.45) is 0 Å². The molecule has 0 radical (unpaired) electrons. The molecule has 6 rings (SSSR count). The van der Waals surface area contributed by atoms with E-state index in [1.54, 1.807) is 18.2 Å². The molecule has 0 N–H and O–H groups in total. The molecule has 6 nitrogen and oxygen atoms in total. The molecule has 0 fully saturated rings. The highest BCUT2D eigenvalue weighted by Gasteiger charge is 2.68. The summed E-state index contributed by atoms with van der Waals surface area (Å²) in [7, 11) is 0. The zero-order valence-corrected chi connectivity index (χ0v) is 19.8. The quantitative estimate of drug-likeness (QED) is 0.436. The average Bonchev–Trinajstić information content (AvgIpc) is 3.55. The molecule has 1 spiro atoms. The molecule has 0 saturated carbocycles. The van der Waals surface area contributed by atoms with Gasteiger partial charge < -0.3 is 23.7 Å². The minimum Gasteiger partial charge on any atom is -0.454 e. The van der Waals surface area contributed by atoms with Crippen LogP contribution in [0.3, 0.4) is 0 Å². The number of carbonyl (C=O) groups excluding carboxylic acids is 1. The van der Waals surface area contributed by atoms with E-state index < -0.39 is 17.2 Å². The molecule has 3 aliphatic heterocycles. The Hall–Kier alpha value is -3.68. The first-order valence-corrected chi connectivity index (χ1v) is 12.0. The summed E-state index contributed by atoms with van der Waals surface area (Å²) >= 11 is 0. The third kappa shape index (κ3) is 3.34. The zero-order chi connectivity index (χ0) is 24.8. The van der Waals surface area contributed by atoms with Crippen LogP contribution in [0, 0.1) is 5.82 Å². The fraction of sp³-hybridized carbons (Fsp3) is 0.276. The van der Waals surface area contributed by atoms with Gasteiger partial charge in [-0.15, -0.1) is 0 Å². The van der Waals surface area contributed by atoms with Crippen molar-refractivity contribution in [3.8, 4) is 17.2 Å². The molecule has 3 heterocycles. The summed E-state index contributed by atoms with van der Waals surface area (Å²) in [6.07, 6.45) is 3.01. The summed E-state index contributed by atoms with van der Waals surface area (Å²) in [6.45, 7) is 2.50. The number of Topliss-reactive ketones (excluding diaryl/α,β-unsaturated/α-hetero) is 1. The lowest BCUT2D eigenvalue weighted by atomic mass is 9.73. The highest BCUT2D eigenvalue weighted by molar-refractivity contribution is 6.09. The fourth-order valence-electron chi connectivity index (χ4n) is 5.28. The minimum absolute atomic E-state index is 0.0935. The van der Waals surface area contributed by atoms with Gasteiger partial charge in [-0.05, 0) is 54.3 Å². The first kappa shape index (κ1) is 22.8. The van der Waals surface area contributed by atoms with Gasteiger partial charge in [0.15, 0.2) is 11.5 Å². The summed E-state index contributed by atoms with van der Waals surface area (Å²) in [5, 5.41) is 0. The Kier molecular flexibility index (Phi) is 5.54. The van der Waals surface area contributed by atoms with Crippen LogP contribution < -0.4 is 14.2 Å². The summed E-state index contributed by atoms with van der Waals surface area (Å²) < 4.78 is 45.0. The molecule has 36 heavy (non-hydrogen) atoms. The van der Waals surface area contributed by atoms with Crippen LogP contribution in [0.5, 0.6) is 17.2 Å². The van der Waals surface area contributed by atoms with Crippen LogP contribution in [0.4, 0.5) is 4.39 Å². The lowest BCUT2D eigenvalue weighted by Gasteiger charge is -2.50. The first-order chi connectivity index (χ1) is 17.6. The average molecular weight is 489 g/mol. The highest BCUT2D eigenvalue weighted by atomic mass is 19.1. The molecule has 3 aromatic rings. The molecule has 0 saturated heterocycles. The molecular weight excluding hydrogens is 463 g/mol. The van der Waals surface area contributed by atoms with Crippen LogP contribution >= 0.6 is 0 Å². The molecule has 7 heteroatoms. The molecule has 0 aromatic heterocycles. The lowest BCUT2D eigenvalue weighted by Crippen LogP contribution is -2.65. The number of carbonyl (C=O) groups is 1. The van der Waals surface area contributed by atoms with Gasteiger partial charge in [-0.1, -0.05) is 43.3 Å². The van der Waals surface area contributed by atoms with Crippen molar-refractivity contribution in [1.29, 1.82) is 0 Å². The predicted octanol–water partition coefficient (Wildman–Crippen LogP) is 5.35. The first-order valence-electron chi connectivity index (χ1n) is 12.0. The second kappa shape index (κ2) is 8.76. The zero-order valence-electron chi connectivity index (χ0n) is 19.8. The number of hydrogen-bond acceptors (Lipinski definition) is 6. The molecule has 3 aromatic carbocycles. The maximum Gasteiger partial charge on any atom is 0.278 e. The van der Waals surface area contributed by atoms with E-state index >= 15 is 0 Å². The summed E-state index contributed by atoms with van der Waals surface area (Å²) in [4.78, 5) is 14.3. The van der Waals surface area contributed by atoms with Crippen LogP contribution in [0.2, 0.25) is 0 Å². The van der Waals surface area contributed by atoms with Gasteiger partial charge in [0.1, 0.15) is 11.6 Å². The Balaban J connectivity index is 1.54. The van der Waals surface area contributed by atoms with E-state index in [2.05, 4.69) is 0 Å². The molecule has 0 aliphatic carbocycles. The van der Waals surface area contributed by atoms with Crippen molar-refractivity contribution < 1.29 is 32.9 Å². The van der Waals surface area contributed by atoms with Gasteiger partial charge in [-0.25, -0.2) is 4.39 Å². The van der Waals surface area contributed by atoms with Crippen LogP contribution in [0.25, 0.3) is 0 Å². The summed E-state index contributed by atoms with van der Waals surface area (Å²) in [6, 6.07) is 19.1. The minimum atomic E-state index is -1.72. The van der Waals surface area contributed by atoms with Crippen molar-refractivity contribution in [1.82, 2.24) is 0 Å². The maximum absolute atomic E-state index is 14.3. The normalized spacial score (nSPS) is 23.9. The van der Waals surface area contributed by atoms with Crippen molar-refractivity contribution in [3.63, 3.8) is 0 Å². The highest BCUT2D eigenvalue weighted by Crippen LogP contribution is 2.55. The second-order valence-corrected chi connectivity index (χ2v) is 8.92. The van der Waals surface area contributed by atoms with E-state index in [1.165, 1.54) is 18.2 Å². The van der Waals surface area contributed by atoms with Crippen molar-refractivity contribution in [2.45, 2.75) is 31.2 Å². The largest absolute Gasteiger partial charge is 0.454 e. The molecule has 3 aliphatic rings. The van der Waals surface area contributed by atoms with Gasteiger partial charge in [0, 0.05) is 11.6 Å². The summed E-state index contributed by atoms with van der Waals surface area (Å²) in [5.74, 6) is -1.37. The number of ether oxygens (including phenoxy) is 5. The summed E-state index contributed by atoms with van der Waals surface area (Å²) in [5.41, 5.74) is 1.00. The van der Waals surface area contributed by atoms with Crippen molar-refractivity contribution in [3.05, 3.63) is 101 Å². The fourth-order valence-corrected chi connectivity index (χ4v) is 5.28. The Morgan fingerprint density at radius 3 is 2.64 bits per heavy atom. The lowest BCUT2D eigenvalue weighted by molar-refractivity contribution is -0.273. The Bertz CT molecular complexity index is 1350. The van der Waals surface area contributed by atoms with Crippen molar-refractivity contribution in [2.75, 3.05) is 20.0 Å². The number of fused-ring (bicyclic) bond motifs is 2. The number of ketones is 1. The number of halogens is 1. The predicted molar refractivity (Wildman–Crippen MR) is 129 cm³/mol. The van der Waals surface area contributed by atoms with E-state index in [0.717, 1.165) is 11.1 Å². The molecule has 0 bridgehead atoms. The number of hydrogen-bond donors (Lipinski definition) is 0. The van der Waals surface area contributed by atoms with E-state index in [0.29, 0.717) is 29.9 Å². The van der Waals surface area contributed by atoms with Gasteiger partial charge in [-0.3, -0.25) is 4.79 Å². The van der Waals surface area contributed by atoms with Crippen LogP contribution in [0.1, 0.15) is 34.8 Å². The Morgan fingerprint density at radius 1 is 0.972 bits per heavy atom.